The van der Waals surface area contributed by atoms with Crippen molar-refractivity contribution >= 4 is 15.9 Å². The Balaban J connectivity index is 1.70. The molecule has 2 aliphatic heterocycles. The highest BCUT2D eigenvalue weighted by molar-refractivity contribution is 7.89. The Morgan fingerprint density at radius 3 is 2.48 bits per heavy atom. The van der Waals surface area contributed by atoms with Gasteiger partial charge in [-0.25, -0.2) is 12.7 Å². The molecule has 7 heteroatoms. The number of nitrogens with zero attached hydrogens (tertiary/aromatic N) is 1. The van der Waals surface area contributed by atoms with Gasteiger partial charge in [0.05, 0.1) is 5.75 Å². The average molecular weight is 423 g/mol. The Labute approximate surface area is 175 Å². The number of rotatable bonds is 7. The molecule has 0 aromatic heterocycles. The van der Waals surface area contributed by atoms with Crippen LogP contribution in [0.3, 0.4) is 0 Å². The van der Waals surface area contributed by atoms with Gasteiger partial charge in [0.2, 0.25) is 10.0 Å². The summed E-state index contributed by atoms with van der Waals surface area (Å²) in [4.78, 5) is 12.8. The second-order valence-electron chi connectivity index (χ2n) is 8.56. The van der Waals surface area contributed by atoms with E-state index in [4.69, 9.17) is 4.74 Å². The fourth-order valence-corrected chi connectivity index (χ4v) is 5.73. The van der Waals surface area contributed by atoms with Crippen molar-refractivity contribution in [1.82, 2.24) is 9.62 Å². The molecule has 1 amide bonds. The number of hydrogen-bond acceptors (Lipinski definition) is 4. The molecule has 1 aromatic rings. The zero-order chi connectivity index (χ0) is 20.9. The van der Waals surface area contributed by atoms with E-state index in [1.807, 2.05) is 31.2 Å². The van der Waals surface area contributed by atoms with Crippen molar-refractivity contribution < 1.29 is 17.9 Å². The molecule has 0 unspecified atom stereocenters. The normalized spacial score (nSPS) is 21.0. The van der Waals surface area contributed by atoms with Gasteiger partial charge in [0.25, 0.3) is 5.91 Å². The number of sulfonamides is 1. The Morgan fingerprint density at radius 2 is 1.86 bits per heavy atom. The fraction of sp³-hybridized carbons (Fsp3) is 0.682. The third-order valence-corrected chi connectivity index (χ3v) is 8.50. The molecule has 2 saturated heterocycles. The first-order valence-electron chi connectivity index (χ1n) is 10.7. The molecule has 6 nitrogen and oxygen atoms in total. The average Bonchev–Trinajstić information content (AvgIpc) is 2.73. The lowest BCUT2D eigenvalue weighted by atomic mass is 9.71. The van der Waals surface area contributed by atoms with Crippen LogP contribution in [0.1, 0.15) is 54.9 Å². The molecule has 0 atom stereocenters. The second-order valence-corrected chi connectivity index (χ2v) is 10.8. The van der Waals surface area contributed by atoms with Gasteiger partial charge in [-0.15, -0.1) is 0 Å². The van der Waals surface area contributed by atoms with Crippen LogP contribution in [0.5, 0.6) is 0 Å². The SMILES string of the molecule is CCS(=O)(=O)N1CCC(CNC(=O)c2ccccc2C)(CC2CCOCC2)CC1. The van der Waals surface area contributed by atoms with Gasteiger partial charge < -0.3 is 10.1 Å². The summed E-state index contributed by atoms with van der Waals surface area (Å²) < 4.78 is 31.7. The Bertz CT molecular complexity index is 795. The molecule has 0 spiro atoms. The molecule has 0 bridgehead atoms. The zero-order valence-corrected chi connectivity index (χ0v) is 18.5. The molecular formula is C22H34N2O4S. The van der Waals surface area contributed by atoms with Crippen molar-refractivity contribution in [2.75, 3.05) is 38.6 Å². The minimum absolute atomic E-state index is 0.0435. The van der Waals surface area contributed by atoms with E-state index >= 15 is 0 Å². The highest BCUT2D eigenvalue weighted by atomic mass is 32.2. The van der Waals surface area contributed by atoms with Gasteiger partial charge in [-0.3, -0.25) is 4.79 Å². The molecule has 1 N–H and O–H groups in total. The van der Waals surface area contributed by atoms with Gasteiger partial charge in [0.1, 0.15) is 0 Å². The van der Waals surface area contributed by atoms with E-state index in [-0.39, 0.29) is 17.1 Å². The summed E-state index contributed by atoms with van der Waals surface area (Å²) in [7, 11) is -3.16. The lowest BCUT2D eigenvalue weighted by Crippen LogP contribution is -2.49. The Kier molecular flexibility index (Phi) is 7.35. The molecule has 29 heavy (non-hydrogen) atoms. The number of piperidine rings is 1. The summed E-state index contributed by atoms with van der Waals surface area (Å²) in [5, 5.41) is 3.17. The van der Waals surface area contributed by atoms with Gasteiger partial charge >= 0.3 is 0 Å². The van der Waals surface area contributed by atoms with E-state index in [2.05, 4.69) is 5.32 Å². The van der Waals surface area contributed by atoms with E-state index in [9.17, 15) is 13.2 Å². The maximum Gasteiger partial charge on any atom is 0.251 e. The van der Waals surface area contributed by atoms with Crippen molar-refractivity contribution in [3.05, 3.63) is 35.4 Å². The number of hydrogen-bond donors (Lipinski definition) is 1. The van der Waals surface area contributed by atoms with Crippen LogP contribution in [-0.2, 0) is 14.8 Å². The first-order valence-corrected chi connectivity index (χ1v) is 12.4. The van der Waals surface area contributed by atoms with Crippen molar-refractivity contribution in [1.29, 1.82) is 0 Å². The number of benzene rings is 1. The van der Waals surface area contributed by atoms with Crippen LogP contribution < -0.4 is 5.32 Å². The van der Waals surface area contributed by atoms with Crippen molar-refractivity contribution in [2.45, 2.75) is 46.0 Å². The van der Waals surface area contributed by atoms with Gasteiger partial charge in [0, 0.05) is 38.4 Å². The summed E-state index contributed by atoms with van der Waals surface area (Å²) in [6.45, 7) is 6.92. The number of nitrogens with one attached hydrogen (secondary N) is 1. The summed E-state index contributed by atoms with van der Waals surface area (Å²) in [5.41, 5.74) is 1.62. The monoisotopic (exact) mass is 422 g/mol. The summed E-state index contributed by atoms with van der Waals surface area (Å²) >= 11 is 0. The van der Waals surface area contributed by atoms with E-state index in [1.165, 1.54) is 0 Å². The van der Waals surface area contributed by atoms with Crippen LogP contribution in [-0.4, -0.2) is 57.2 Å². The second kappa shape index (κ2) is 9.58. The highest BCUT2D eigenvalue weighted by Gasteiger charge is 2.39. The van der Waals surface area contributed by atoms with Crippen LogP contribution in [0.4, 0.5) is 0 Å². The standard InChI is InChI=1S/C22H34N2O4S/c1-3-29(26,27)24-12-10-22(11-13-24,16-19-8-14-28-15-9-19)17-23-21(25)20-7-5-4-6-18(20)2/h4-7,19H,3,8-17H2,1-2H3,(H,23,25). The number of ether oxygens (including phenoxy) is 1. The maximum absolute atomic E-state index is 12.8. The number of amides is 1. The fourth-order valence-electron chi connectivity index (χ4n) is 4.63. The van der Waals surface area contributed by atoms with Crippen LogP contribution in [0.25, 0.3) is 0 Å². The minimum Gasteiger partial charge on any atom is -0.381 e. The smallest absolute Gasteiger partial charge is 0.251 e. The van der Waals surface area contributed by atoms with Gasteiger partial charge in [0.15, 0.2) is 0 Å². The largest absolute Gasteiger partial charge is 0.381 e. The van der Waals surface area contributed by atoms with E-state index in [1.54, 1.807) is 11.2 Å². The van der Waals surface area contributed by atoms with Crippen LogP contribution in [0.15, 0.2) is 24.3 Å². The van der Waals surface area contributed by atoms with E-state index in [0.29, 0.717) is 31.1 Å². The maximum atomic E-state index is 12.8. The lowest BCUT2D eigenvalue weighted by molar-refractivity contribution is 0.0335. The van der Waals surface area contributed by atoms with Crippen molar-refractivity contribution in [3.63, 3.8) is 0 Å². The predicted molar refractivity (Wildman–Crippen MR) is 114 cm³/mol. The summed E-state index contributed by atoms with van der Waals surface area (Å²) in [6.07, 6.45) is 4.69. The molecular weight excluding hydrogens is 388 g/mol. The van der Waals surface area contributed by atoms with Gasteiger partial charge in [-0.05, 0) is 68.9 Å². The Morgan fingerprint density at radius 1 is 1.21 bits per heavy atom. The summed E-state index contributed by atoms with van der Waals surface area (Å²) in [5.74, 6) is 0.677. The lowest BCUT2D eigenvalue weighted by Gasteiger charge is -2.44. The number of aryl methyl sites for hydroxylation is 1. The molecule has 0 aliphatic carbocycles. The Hall–Kier alpha value is -1.44. The first kappa shape index (κ1) is 22.2. The molecule has 2 fully saturated rings. The van der Waals surface area contributed by atoms with Crippen molar-refractivity contribution in [2.24, 2.45) is 11.3 Å². The molecule has 2 heterocycles. The van der Waals surface area contributed by atoms with Crippen molar-refractivity contribution in [3.8, 4) is 0 Å². The molecule has 3 rings (SSSR count). The highest BCUT2D eigenvalue weighted by Crippen LogP contribution is 2.40. The van der Waals surface area contributed by atoms with Gasteiger partial charge in [-0.2, -0.15) is 0 Å². The quantitative estimate of drug-likeness (QED) is 0.733. The number of carbonyl (C=O) groups excluding carboxylic acids is 1. The molecule has 0 saturated carbocycles. The first-order chi connectivity index (χ1) is 13.9. The van der Waals surface area contributed by atoms with Gasteiger partial charge in [-0.1, -0.05) is 18.2 Å². The summed E-state index contributed by atoms with van der Waals surface area (Å²) in [6, 6.07) is 7.61. The third-order valence-electron chi connectivity index (χ3n) is 6.62. The zero-order valence-electron chi connectivity index (χ0n) is 17.7. The third kappa shape index (κ3) is 5.58. The molecule has 1 aromatic carbocycles. The minimum atomic E-state index is -3.16. The van der Waals surface area contributed by atoms with Crippen LogP contribution >= 0.6 is 0 Å². The van der Waals surface area contributed by atoms with Crippen LogP contribution in [0, 0.1) is 18.3 Å². The van der Waals surface area contributed by atoms with E-state index in [0.717, 1.165) is 50.9 Å². The van der Waals surface area contributed by atoms with E-state index < -0.39 is 10.0 Å². The van der Waals surface area contributed by atoms with Crippen LogP contribution in [0.2, 0.25) is 0 Å². The molecule has 2 aliphatic rings. The molecule has 162 valence electrons. The molecule has 0 radical (unpaired) electrons. The topological polar surface area (TPSA) is 75.7 Å². The number of carbonyl (C=O) groups is 1. The predicted octanol–water partition coefficient (Wildman–Crippen LogP) is 2.97.